The van der Waals surface area contributed by atoms with Gasteiger partial charge in [-0.2, -0.15) is 0 Å². The lowest BCUT2D eigenvalue weighted by Gasteiger charge is -2.31. The molecule has 1 aliphatic heterocycles. The first-order valence-corrected chi connectivity index (χ1v) is 12.9. The van der Waals surface area contributed by atoms with Crippen molar-refractivity contribution in [1.29, 1.82) is 0 Å². The number of sulfonamides is 1. The highest BCUT2D eigenvalue weighted by Crippen LogP contribution is 2.28. The average Bonchev–Trinajstić information content (AvgIpc) is 3.33. The fraction of sp³-hybridized carbons (Fsp3) is 0.231. The zero-order valence-corrected chi connectivity index (χ0v) is 20.1. The van der Waals surface area contributed by atoms with E-state index in [1.54, 1.807) is 43.5 Å². The lowest BCUT2D eigenvalue weighted by atomic mass is 9.95. The first kappa shape index (κ1) is 22.9. The average molecular weight is 491 g/mol. The van der Waals surface area contributed by atoms with Crippen molar-refractivity contribution in [3.8, 4) is 5.75 Å². The van der Waals surface area contributed by atoms with Crippen LogP contribution < -0.4 is 9.46 Å². The number of likely N-dealkylation sites (tertiary alicyclic amines) is 1. The van der Waals surface area contributed by atoms with E-state index < -0.39 is 10.0 Å². The maximum atomic E-state index is 13.0. The van der Waals surface area contributed by atoms with E-state index in [-0.39, 0.29) is 16.7 Å². The molecular formula is C26H26N4O4S. The molecule has 1 fully saturated rings. The number of benzene rings is 3. The minimum atomic E-state index is -3.78. The van der Waals surface area contributed by atoms with Crippen LogP contribution in [0.1, 0.15) is 34.9 Å². The number of nitrogens with one attached hydrogen (secondary N) is 2. The summed E-state index contributed by atoms with van der Waals surface area (Å²) in [4.78, 5) is 23.0. The van der Waals surface area contributed by atoms with Crippen LogP contribution in [0.25, 0.3) is 11.0 Å². The van der Waals surface area contributed by atoms with Gasteiger partial charge < -0.3 is 14.6 Å². The molecule has 0 aliphatic carbocycles. The van der Waals surface area contributed by atoms with Gasteiger partial charge in [-0.25, -0.2) is 13.4 Å². The van der Waals surface area contributed by atoms with Gasteiger partial charge in [0.2, 0.25) is 0 Å². The number of para-hydroxylation sites is 2. The van der Waals surface area contributed by atoms with Crippen LogP contribution in [0.3, 0.4) is 0 Å². The Kier molecular flexibility index (Phi) is 6.17. The minimum Gasteiger partial charge on any atom is -0.497 e. The molecule has 1 saturated heterocycles. The van der Waals surface area contributed by atoms with Gasteiger partial charge in [-0.05, 0) is 73.5 Å². The standard InChI is InChI=1S/C26H26N4O4S/c1-34-21-10-8-20(9-11-21)29-35(32,33)22-12-6-19(7-13-22)26(31)30-16-14-18(15-17-30)25-27-23-4-2-3-5-24(23)28-25/h2-13,18,29H,14-17H2,1H3,(H,27,28). The monoisotopic (exact) mass is 490 g/mol. The Hall–Kier alpha value is -3.85. The number of methoxy groups -OCH3 is 1. The highest BCUT2D eigenvalue weighted by atomic mass is 32.2. The van der Waals surface area contributed by atoms with Crippen LogP contribution in [0, 0.1) is 0 Å². The number of ether oxygens (including phenoxy) is 1. The maximum Gasteiger partial charge on any atom is 0.261 e. The van der Waals surface area contributed by atoms with E-state index >= 15 is 0 Å². The number of aromatic nitrogens is 2. The van der Waals surface area contributed by atoms with Gasteiger partial charge in [0.1, 0.15) is 11.6 Å². The van der Waals surface area contributed by atoms with E-state index in [1.165, 1.54) is 12.1 Å². The predicted octanol–water partition coefficient (Wildman–Crippen LogP) is 4.39. The van der Waals surface area contributed by atoms with Crippen molar-refractivity contribution in [2.75, 3.05) is 24.9 Å². The summed E-state index contributed by atoms with van der Waals surface area (Å²) in [7, 11) is -2.23. The molecule has 9 heteroatoms. The normalized spacial score (nSPS) is 14.7. The number of piperidine rings is 1. The molecule has 180 valence electrons. The molecule has 1 aromatic heterocycles. The molecule has 5 rings (SSSR count). The summed E-state index contributed by atoms with van der Waals surface area (Å²) in [5, 5.41) is 0. The fourth-order valence-corrected chi connectivity index (χ4v) is 5.41. The summed E-state index contributed by atoms with van der Waals surface area (Å²) < 4.78 is 33.1. The number of rotatable bonds is 6. The van der Waals surface area contributed by atoms with Crippen LogP contribution >= 0.6 is 0 Å². The number of carbonyl (C=O) groups excluding carboxylic acids is 1. The predicted molar refractivity (Wildman–Crippen MR) is 134 cm³/mol. The summed E-state index contributed by atoms with van der Waals surface area (Å²) >= 11 is 0. The van der Waals surface area contributed by atoms with Gasteiger partial charge in [-0.1, -0.05) is 12.1 Å². The van der Waals surface area contributed by atoms with Crippen LogP contribution in [0.4, 0.5) is 5.69 Å². The molecule has 8 nitrogen and oxygen atoms in total. The number of amides is 1. The second-order valence-corrected chi connectivity index (χ2v) is 10.2. The Morgan fingerprint density at radius 3 is 2.34 bits per heavy atom. The number of imidazole rings is 1. The van der Waals surface area contributed by atoms with Crippen LogP contribution in [0.15, 0.2) is 77.7 Å². The van der Waals surface area contributed by atoms with E-state index in [1.807, 2.05) is 29.2 Å². The van der Waals surface area contributed by atoms with Gasteiger partial charge >= 0.3 is 0 Å². The van der Waals surface area contributed by atoms with Gasteiger partial charge in [0.15, 0.2) is 0 Å². The first-order valence-electron chi connectivity index (χ1n) is 11.4. The van der Waals surface area contributed by atoms with Crippen LogP contribution in [-0.4, -0.2) is 49.4 Å². The SMILES string of the molecule is COc1ccc(NS(=O)(=O)c2ccc(C(=O)N3CCC(c4nc5ccccc5[nH]4)CC3)cc2)cc1. The fourth-order valence-electron chi connectivity index (χ4n) is 4.35. The molecule has 1 amide bonds. The molecule has 0 bridgehead atoms. The summed E-state index contributed by atoms with van der Waals surface area (Å²) in [6.45, 7) is 1.25. The highest BCUT2D eigenvalue weighted by Gasteiger charge is 2.26. The molecule has 35 heavy (non-hydrogen) atoms. The summed E-state index contributed by atoms with van der Waals surface area (Å²) in [5.41, 5.74) is 2.88. The number of carbonyl (C=O) groups is 1. The number of hydrogen-bond acceptors (Lipinski definition) is 5. The van der Waals surface area contributed by atoms with E-state index in [4.69, 9.17) is 9.72 Å². The van der Waals surface area contributed by atoms with Gasteiger partial charge in [-0.15, -0.1) is 0 Å². The van der Waals surface area contributed by atoms with E-state index in [0.29, 0.717) is 30.1 Å². The molecule has 2 N–H and O–H groups in total. The van der Waals surface area contributed by atoms with Crippen molar-refractivity contribution >= 4 is 32.7 Å². The number of aromatic amines is 1. The number of fused-ring (bicyclic) bond motifs is 1. The lowest BCUT2D eigenvalue weighted by Crippen LogP contribution is -2.38. The quantitative estimate of drug-likeness (QED) is 0.417. The Morgan fingerprint density at radius 2 is 1.69 bits per heavy atom. The summed E-state index contributed by atoms with van der Waals surface area (Å²) in [6, 6.07) is 20.6. The summed E-state index contributed by atoms with van der Waals surface area (Å²) in [5.74, 6) is 1.79. The van der Waals surface area contributed by atoms with E-state index in [9.17, 15) is 13.2 Å². The molecule has 0 saturated carbocycles. The van der Waals surface area contributed by atoms with Crippen molar-refractivity contribution in [2.45, 2.75) is 23.7 Å². The van der Waals surface area contributed by atoms with Crippen LogP contribution in [-0.2, 0) is 10.0 Å². The second-order valence-electron chi connectivity index (χ2n) is 8.56. The van der Waals surface area contributed by atoms with E-state index in [2.05, 4.69) is 9.71 Å². The van der Waals surface area contributed by atoms with Gasteiger partial charge in [0.25, 0.3) is 15.9 Å². The Morgan fingerprint density at radius 1 is 1.00 bits per heavy atom. The molecule has 3 aromatic carbocycles. The van der Waals surface area contributed by atoms with Gasteiger partial charge in [0, 0.05) is 30.3 Å². The molecule has 0 atom stereocenters. The third-order valence-corrected chi connectivity index (χ3v) is 7.73. The number of nitrogens with zero attached hydrogens (tertiary/aromatic N) is 2. The largest absolute Gasteiger partial charge is 0.497 e. The van der Waals surface area contributed by atoms with Crippen LogP contribution in [0.5, 0.6) is 5.75 Å². The highest BCUT2D eigenvalue weighted by molar-refractivity contribution is 7.92. The zero-order chi connectivity index (χ0) is 24.4. The van der Waals surface area contributed by atoms with E-state index in [0.717, 1.165) is 29.7 Å². The second kappa shape index (κ2) is 9.42. The molecular weight excluding hydrogens is 464 g/mol. The van der Waals surface area contributed by atoms with Crippen molar-refractivity contribution in [1.82, 2.24) is 14.9 Å². The van der Waals surface area contributed by atoms with Crippen molar-refractivity contribution in [3.05, 3.63) is 84.2 Å². The number of H-pyrrole nitrogens is 1. The Balaban J connectivity index is 1.21. The van der Waals surface area contributed by atoms with Gasteiger partial charge in [0.05, 0.1) is 23.0 Å². The van der Waals surface area contributed by atoms with Gasteiger partial charge in [-0.3, -0.25) is 9.52 Å². The summed E-state index contributed by atoms with van der Waals surface area (Å²) in [6.07, 6.45) is 1.65. The third kappa shape index (κ3) is 4.85. The smallest absolute Gasteiger partial charge is 0.261 e. The molecule has 1 aliphatic rings. The molecule has 0 spiro atoms. The van der Waals surface area contributed by atoms with Crippen molar-refractivity contribution in [2.24, 2.45) is 0 Å². The molecule has 0 radical (unpaired) electrons. The first-order chi connectivity index (χ1) is 16.9. The minimum absolute atomic E-state index is 0.0912. The van der Waals surface area contributed by atoms with Crippen molar-refractivity contribution < 1.29 is 17.9 Å². The molecule has 2 heterocycles. The van der Waals surface area contributed by atoms with Crippen molar-refractivity contribution in [3.63, 3.8) is 0 Å². The zero-order valence-electron chi connectivity index (χ0n) is 19.3. The third-order valence-electron chi connectivity index (χ3n) is 6.33. The number of hydrogen-bond donors (Lipinski definition) is 2. The molecule has 4 aromatic rings. The molecule has 0 unspecified atom stereocenters. The topological polar surface area (TPSA) is 104 Å². The Bertz CT molecular complexity index is 1410. The van der Waals surface area contributed by atoms with Crippen LogP contribution in [0.2, 0.25) is 0 Å². The lowest BCUT2D eigenvalue weighted by molar-refractivity contribution is 0.0711. The Labute approximate surface area is 204 Å². The maximum absolute atomic E-state index is 13.0. The number of anilines is 1.